The van der Waals surface area contributed by atoms with Crippen LogP contribution in [0, 0.1) is 0 Å². The Kier molecular flexibility index (Phi) is 3.49. The molecule has 0 saturated heterocycles. The van der Waals surface area contributed by atoms with Crippen LogP contribution in [-0.2, 0) is 0 Å². The van der Waals surface area contributed by atoms with Crippen LogP contribution in [0.5, 0.6) is 0 Å². The summed E-state index contributed by atoms with van der Waals surface area (Å²) < 4.78 is 0. The van der Waals surface area contributed by atoms with Crippen molar-refractivity contribution in [1.29, 1.82) is 0 Å². The summed E-state index contributed by atoms with van der Waals surface area (Å²) in [6, 6.07) is 8.45. The van der Waals surface area contributed by atoms with E-state index in [1.54, 1.807) is 0 Å². The molecule has 1 aliphatic heterocycles. The Bertz CT molecular complexity index is 365. The number of anilines is 1. The highest BCUT2D eigenvalue weighted by atomic mass is 32.2. The zero-order valence-corrected chi connectivity index (χ0v) is 10.3. The number of thiocarbonyl (C=S) groups is 1. The number of rotatable bonds is 0. The van der Waals surface area contributed by atoms with Gasteiger partial charge in [-0.25, -0.2) is 0 Å². The normalized spacial score (nSPS) is 15.4. The van der Waals surface area contributed by atoms with E-state index >= 15 is 0 Å². The molecule has 80 valence electrons. The SMILES string of the molecule is CNC(=S)N1CCCSc2ccccc21. The quantitative estimate of drug-likeness (QED) is 0.698. The van der Waals surface area contributed by atoms with Crippen LogP contribution in [0.3, 0.4) is 0 Å². The first-order valence-corrected chi connectivity index (χ1v) is 6.43. The standard InChI is InChI=1S/C11H14N2S2/c1-12-11(14)13-7-4-8-15-10-6-3-2-5-9(10)13/h2-3,5-6H,4,7-8H2,1H3,(H,12,14). The zero-order valence-electron chi connectivity index (χ0n) is 8.69. The summed E-state index contributed by atoms with van der Waals surface area (Å²) in [5.74, 6) is 1.17. The zero-order chi connectivity index (χ0) is 10.7. The maximum absolute atomic E-state index is 5.32. The van der Waals surface area contributed by atoms with E-state index in [0.29, 0.717) is 0 Å². The van der Waals surface area contributed by atoms with Crippen LogP contribution in [-0.4, -0.2) is 24.5 Å². The summed E-state index contributed by atoms with van der Waals surface area (Å²) in [6.07, 6.45) is 1.17. The number of thioether (sulfide) groups is 1. The third-order valence-corrected chi connectivity index (χ3v) is 3.97. The number of nitrogens with one attached hydrogen (secondary N) is 1. The lowest BCUT2D eigenvalue weighted by molar-refractivity contribution is 0.903. The van der Waals surface area contributed by atoms with Gasteiger partial charge in [0.2, 0.25) is 0 Å². The lowest BCUT2D eigenvalue weighted by Gasteiger charge is -2.24. The minimum absolute atomic E-state index is 0.810. The molecule has 0 bridgehead atoms. The third kappa shape index (κ3) is 2.26. The van der Waals surface area contributed by atoms with E-state index in [-0.39, 0.29) is 0 Å². The maximum Gasteiger partial charge on any atom is 0.173 e. The summed E-state index contributed by atoms with van der Waals surface area (Å²) in [7, 11) is 1.88. The fourth-order valence-corrected chi connectivity index (χ4v) is 2.86. The van der Waals surface area contributed by atoms with Gasteiger partial charge in [-0.1, -0.05) is 12.1 Å². The highest BCUT2D eigenvalue weighted by Gasteiger charge is 2.17. The topological polar surface area (TPSA) is 15.3 Å². The van der Waals surface area contributed by atoms with E-state index in [2.05, 4.69) is 34.5 Å². The molecule has 0 saturated carbocycles. The Balaban J connectivity index is 2.37. The van der Waals surface area contributed by atoms with Crippen LogP contribution >= 0.6 is 24.0 Å². The van der Waals surface area contributed by atoms with E-state index < -0.39 is 0 Å². The van der Waals surface area contributed by atoms with Gasteiger partial charge < -0.3 is 10.2 Å². The van der Waals surface area contributed by atoms with Gasteiger partial charge in [-0.05, 0) is 36.5 Å². The van der Waals surface area contributed by atoms with Crippen LogP contribution in [0.15, 0.2) is 29.2 Å². The van der Waals surface area contributed by atoms with Crippen molar-refractivity contribution in [3.05, 3.63) is 24.3 Å². The number of fused-ring (bicyclic) bond motifs is 1. The highest BCUT2D eigenvalue weighted by Crippen LogP contribution is 2.33. The Morgan fingerprint density at radius 2 is 2.27 bits per heavy atom. The molecular formula is C11H14N2S2. The maximum atomic E-state index is 5.32. The van der Waals surface area contributed by atoms with Crippen LogP contribution in [0.25, 0.3) is 0 Å². The lowest BCUT2D eigenvalue weighted by atomic mass is 10.3. The molecule has 1 aromatic carbocycles. The van der Waals surface area contributed by atoms with Crippen LogP contribution < -0.4 is 10.2 Å². The van der Waals surface area contributed by atoms with Crippen molar-refractivity contribution >= 4 is 34.8 Å². The first-order chi connectivity index (χ1) is 7.33. The predicted molar refractivity (Wildman–Crippen MR) is 70.8 cm³/mol. The largest absolute Gasteiger partial charge is 0.365 e. The van der Waals surface area contributed by atoms with Crippen LogP contribution in [0.4, 0.5) is 5.69 Å². The summed E-state index contributed by atoms with van der Waals surface area (Å²) >= 11 is 7.23. The molecule has 15 heavy (non-hydrogen) atoms. The molecule has 0 radical (unpaired) electrons. The van der Waals surface area contributed by atoms with E-state index in [0.717, 1.165) is 11.7 Å². The molecule has 0 aliphatic carbocycles. The van der Waals surface area contributed by atoms with Crippen molar-refractivity contribution in [3.63, 3.8) is 0 Å². The van der Waals surface area contributed by atoms with Crippen LogP contribution in [0.1, 0.15) is 6.42 Å². The van der Waals surface area contributed by atoms with Crippen molar-refractivity contribution in [2.75, 3.05) is 24.2 Å². The first kappa shape index (κ1) is 10.8. The summed E-state index contributed by atoms with van der Waals surface area (Å²) in [5, 5.41) is 3.86. The Labute approximate surface area is 100 Å². The number of hydrogen-bond acceptors (Lipinski definition) is 2. The van der Waals surface area contributed by atoms with Crippen molar-refractivity contribution in [3.8, 4) is 0 Å². The van der Waals surface area contributed by atoms with Gasteiger partial charge in [0.25, 0.3) is 0 Å². The van der Waals surface area contributed by atoms with Gasteiger partial charge >= 0.3 is 0 Å². The molecule has 1 N–H and O–H groups in total. The summed E-state index contributed by atoms with van der Waals surface area (Å²) in [5.41, 5.74) is 1.24. The Morgan fingerprint density at radius 1 is 1.47 bits per heavy atom. The van der Waals surface area contributed by atoms with Gasteiger partial charge in [-0.2, -0.15) is 0 Å². The molecule has 0 aromatic heterocycles. The van der Waals surface area contributed by atoms with Crippen molar-refractivity contribution < 1.29 is 0 Å². The monoisotopic (exact) mass is 238 g/mol. The van der Waals surface area contributed by atoms with Crippen molar-refractivity contribution in [2.45, 2.75) is 11.3 Å². The fraction of sp³-hybridized carbons (Fsp3) is 0.364. The molecule has 1 heterocycles. The molecule has 0 fully saturated rings. The second-order valence-electron chi connectivity index (χ2n) is 3.38. The molecule has 1 aromatic rings. The molecule has 0 spiro atoms. The number of benzene rings is 1. The average molecular weight is 238 g/mol. The van der Waals surface area contributed by atoms with Crippen molar-refractivity contribution in [1.82, 2.24) is 5.32 Å². The third-order valence-electron chi connectivity index (χ3n) is 2.40. The molecule has 1 aliphatic rings. The van der Waals surface area contributed by atoms with E-state index in [4.69, 9.17) is 12.2 Å². The summed E-state index contributed by atoms with van der Waals surface area (Å²) in [4.78, 5) is 3.51. The smallest absolute Gasteiger partial charge is 0.173 e. The van der Waals surface area contributed by atoms with Gasteiger partial charge in [0, 0.05) is 18.5 Å². The second-order valence-corrected chi connectivity index (χ2v) is 4.90. The number of para-hydroxylation sites is 1. The van der Waals surface area contributed by atoms with E-state index in [1.807, 2.05) is 18.8 Å². The minimum atomic E-state index is 0.810. The van der Waals surface area contributed by atoms with Crippen LogP contribution in [0.2, 0.25) is 0 Å². The first-order valence-electron chi connectivity index (χ1n) is 5.04. The lowest BCUT2D eigenvalue weighted by Crippen LogP contribution is -2.38. The van der Waals surface area contributed by atoms with Gasteiger partial charge in [-0.15, -0.1) is 11.8 Å². The molecule has 2 nitrogen and oxygen atoms in total. The predicted octanol–water partition coefficient (Wildman–Crippen LogP) is 2.49. The molecule has 0 amide bonds. The number of hydrogen-bond donors (Lipinski definition) is 1. The van der Waals surface area contributed by atoms with Gasteiger partial charge in [-0.3, -0.25) is 0 Å². The second kappa shape index (κ2) is 4.86. The average Bonchev–Trinajstić information content (AvgIpc) is 2.50. The van der Waals surface area contributed by atoms with Gasteiger partial charge in [0.15, 0.2) is 5.11 Å². The minimum Gasteiger partial charge on any atom is -0.365 e. The Hall–Kier alpha value is -0.740. The number of nitrogens with zero attached hydrogens (tertiary/aromatic N) is 1. The highest BCUT2D eigenvalue weighted by molar-refractivity contribution is 7.99. The molecule has 0 atom stereocenters. The summed E-state index contributed by atoms with van der Waals surface area (Å²) in [6.45, 7) is 1.00. The molecule has 2 rings (SSSR count). The van der Waals surface area contributed by atoms with Gasteiger partial charge in [0.1, 0.15) is 0 Å². The molecule has 0 unspecified atom stereocenters. The molecular weight excluding hydrogens is 224 g/mol. The fourth-order valence-electron chi connectivity index (χ4n) is 1.67. The van der Waals surface area contributed by atoms with E-state index in [1.165, 1.54) is 22.8 Å². The Morgan fingerprint density at radius 3 is 3.07 bits per heavy atom. The van der Waals surface area contributed by atoms with Crippen molar-refractivity contribution in [2.24, 2.45) is 0 Å². The molecule has 4 heteroatoms. The van der Waals surface area contributed by atoms with E-state index in [9.17, 15) is 0 Å². The van der Waals surface area contributed by atoms with Gasteiger partial charge in [0.05, 0.1) is 5.69 Å².